The third-order valence-corrected chi connectivity index (χ3v) is 10.7. The summed E-state index contributed by atoms with van der Waals surface area (Å²) >= 11 is 31.6. The van der Waals surface area contributed by atoms with Crippen molar-refractivity contribution in [2.24, 2.45) is 20.5 Å². The number of hydrogen-bond acceptors (Lipinski definition) is 11. The zero-order valence-electron chi connectivity index (χ0n) is 35.7. The van der Waals surface area contributed by atoms with Gasteiger partial charge in [-0.2, -0.15) is 20.5 Å². The molecule has 342 valence electrons. The molecule has 4 N–H and O–H groups in total. The maximum atomic E-state index is 13.5. The first-order chi connectivity index (χ1) is 31.3. The number of carbonyl (C=O) groups excluding carboxylic acids is 6. The first-order valence-electron chi connectivity index (χ1n) is 19.9. The molecule has 66 heavy (non-hydrogen) atoms. The summed E-state index contributed by atoms with van der Waals surface area (Å²) in [6.45, 7) is 7.37. The van der Waals surface area contributed by atoms with E-state index in [0.717, 1.165) is 25.0 Å². The fraction of sp³-hybridized carbons (Fsp3) is 0.217. The van der Waals surface area contributed by atoms with Crippen molar-refractivity contribution in [1.82, 2.24) is 0 Å². The number of halogens is 5. The van der Waals surface area contributed by atoms with Crippen molar-refractivity contribution in [3.63, 3.8) is 0 Å². The maximum Gasteiger partial charge on any atom is 0.258 e. The molecule has 0 aliphatic rings. The Kier molecular flexibility index (Phi) is 17.9. The van der Waals surface area contributed by atoms with E-state index in [4.69, 9.17) is 62.7 Å². The molecule has 5 atom stereocenters. The second kappa shape index (κ2) is 23.3. The third kappa shape index (κ3) is 13.7. The van der Waals surface area contributed by atoms with E-state index in [-0.39, 0.29) is 60.4 Å². The summed E-state index contributed by atoms with van der Waals surface area (Å²) in [7, 11) is 0. The van der Waals surface area contributed by atoms with E-state index in [9.17, 15) is 28.8 Å². The fourth-order valence-electron chi connectivity index (χ4n) is 5.93. The first kappa shape index (κ1) is 50.8. The Morgan fingerprint density at radius 1 is 0.530 bits per heavy atom. The van der Waals surface area contributed by atoms with Crippen LogP contribution >= 0.6 is 58.0 Å². The summed E-state index contributed by atoms with van der Waals surface area (Å²) in [5.41, 5.74) is 1.88. The average Bonchev–Trinajstić information content (AvgIpc) is 3.25. The molecule has 0 aliphatic carbocycles. The molecule has 20 heteroatoms. The monoisotopic (exact) mass is 992 g/mol. The van der Waals surface area contributed by atoms with Crippen LogP contribution in [0.2, 0.25) is 10.0 Å². The topological polar surface area (TPSA) is 209 Å². The van der Waals surface area contributed by atoms with Gasteiger partial charge in [-0.3, -0.25) is 28.8 Å². The van der Waals surface area contributed by atoms with E-state index in [1.165, 1.54) is 61.5 Å². The number of hydrogen-bond donors (Lipinski definition) is 4. The minimum absolute atomic E-state index is 0.00865. The lowest BCUT2D eigenvalue weighted by molar-refractivity contribution is -0.127. The predicted octanol–water partition coefficient (Wildman–Crippen LogP) is 12.4. The summed E-state index contributed by atoms with van der Waals surface area (Å²) in [6, 6.07) is 23.6. The number of carbonyl (C=O) groups is 6. The zero-order valence-corrected chi connectivity index (χ0v) is 39.5. The Morgan fingerprint density at radius 2 is 0.955 bits per heavy atom. The molecule has 5 aromatic carbocycles. The van der Waals surface area contributed by atoms with Gasteiger partial charge in [-0.25, -0.2) is 0 Å². The molecular formula is C46H41Cl5N8O7. The number of rotatable bonds is 18. The van der Waals surface area contributed by atoms with Gasteiger partial charge in [0.2, 0.25) is 12.1 Å². The SMILES string of the molecule is CC(=O)C(N=Nc1cccc(C(=O)Nc2cccc(C(C)Cl)c2)c1Cl)C(=O)Nc1ccc(NC(=O)C(N=Nc2cccc(C(=O)Nc3cccc(C(C)Cl)c3)c2Cl)C(C)=O)c(OC(C)Cl)c1. The third-order valence-electron chi connectivity index (χ3n) is 9.28. The highest BCUT2D eigenvalue weighted by molar-refractivity contribution is 6.37. The van der Waals surface area contributed by atoms with Gasteiger partial charge >= 0.3 is 0 Å². The highest BCUT2D eigenvalue weighted by atomic mass is 35.5. The number of ether oxygens (including phenoxy) is 1. The van der Waals surface area contributed by atoms with Crippen LogP contribution in [0, 0.1) is 0 Å². The van der Waals surface area contributed by atoms with Gasteiger partial charge in [-0.15, -0.1) is 23.2 Å². The van der Waals surface area contributed by atoms with Gasteiger partial charge in [0.1, 0.15) is 17.1 Å². The van der Waals surface area contributed by atoms with Gasteiger partial charge in [-0.05, 0) is 106 Å². The van der Waals surface area contributed by atoms with Crippen LogP contribution in [0.25, 0.3) is 0 Å². The van der Waals surface area contributed by atoms with E-state index in [1.807, 2.05) is 12.1 Å². The molecule has 5 rings (SSSR count). The van der Waals surface area contributed by atoms with Crippen molar-refractivity contribution in [3.8, 4) is 5.75 Å². The molecule has 0 fully saturated rings. The van der Waals surface area contributed by atoms with Crippen molar-refractivity contribution < 1.29 is 33.5 Å². The summed E-state index contributed by atoms with van der Waals surface area (Å²) in [5, 5.41) is 25.9. The van der Waals surface area contributed by atoms with E-state index in [1.54, 1.807) is 50.2 Å². The Balaban J connectivity index is 1.29. The minimum atomic E-state index is -1.68. The van der Waals surface area contributed by atoms with Crippen LogP contribution in [0.5, 0.6) is 5.75 Å². The molecule has 5 unspecified atom stereocenters. The van der Waals surface area contributed by atoms with Gasteiger partial charge < -0.3 is 26.0 Å². The second-order valence-corrected chi connectivity index (χ2v) is 17.2. The fourth-order valence-corrected chi connectivity index (χ4v) is 6.80. The van der Waals surface area contributed by atoms with E-state index in [0.29, 0.717) is 11.4 Å². The Morgan fingerprint density at radius 3 is 1.38 bits per heavy atom. The van der Waals surface area contributed by atoms with Crippen LogP contribution in [0.1, 0.15) is 77.2 Å². The van der Waals surface area contributed by atoms with Crippen molar-refractivity contribution in [1.29, 1.82) is 0 Å². The van der Waals surface area contributed by atoms with Crippen LogP contribution in [0.15, 0.2) is 124 Å². The van der Waals surface area contributed by atoms with E-state index in [2.05, 4.69) is 41.7 Å². The van der Waals surface area contributed by atoms with Gasteiger partial charge in [0.05, 0.1) is 37.6 Å². The molecule has 0 saturated heterocycles. The summed E-state index contributed by atoms with van der Waals surface area (Å²) in [5.74, 6) is -4.29. The lowest BCUT2D eigenvalue weighted by Crippen LogP contribution is -2.32. The van der Waals surface area contributed by atoms with Gasteiger partial charge in [0.15, 0.2) is 17.1 Å². The van der Waals surface area contributed by atoms with Crippen LogP contribution in [0.3, 0.4) is 0 Å². The highest BCUT2D eigenvalue weighted by Crippen LogP contribution is 2.34. The smallest absolute Gasteiger partial charge is 0.258 e. The minimum Gasteiger partial charge on any atom is -0.473 e. The molecule has 0 radical (unpaired) electrons. The van der Waals surface area contributed by atoms with E-state index >= 15 is 0 Å². The molecule has 15 nitrogen and oxygen atoms in total. The molecule has 0 aromatic heterocycles. The number of azo groups is 2. The number of amides is 4. The Bertz CT molecular complexity index is 2730. The predicted molar refractivity (Wildman–Crippen MR) is 258 cm³/mol. The number of anilines is 4. The van der Waals surface area contributed by atoms with Crippen molar-refractivity contribution >= 4 is 127 Å². The van der Waals surface area contributed by atoms with Crippen LogP contribution < -0.4 is 26.0 Å². The number of ketones is 2. The lowest BCUT2D eigenvalue weighted by Gasteiger charge is -2.17. The molecule has 4 amide bonds. The zero-order chi connectivity index (χ0) is 48.2. The maximum absolute atomic E-state index is 13.5. The van der Waals surface area contributed by atoms with Crippen molar-refractivity contribution in [3.05, 3.63) is 135 Å². The Hall–Kier alpha value is -6.23. The molecule has 0 heterocycles. The first-order valence-corrected chi connectivity index (χ1v) is 22.0. The largest absolute Gasteiger partial charge is 0.473 e. The average molecular weight is 995 g/mol. The quantitative estimate of drug-likeness (QED) is 0.0379. The van der Waals surface area contributed by atoms with Crippen LogP contribution in [-0.4, -0.2) is 52.8 Å². The summed E-state index contributed by atoms with van der Waals surface area (Å²) in [4.78, 5) is 78.6. The number of nitrogens with zero attached hydrogens (tertiary/aromatic N) is 4. The molecule has 0 aliphatic heterocycles. The van der Waals surface area contributed by atoms with Crippen molar-refractivity contribution in [2.75, 3.05) is 21.3 Å². The van der Waals surface area contributed by atoms with Crippen molar-refractivity contribution in [2.45, 2.75) is 63.0 Å². The second-order valence-electron chi connectivity index (χ2n) is 14.5. The standard InChI is InChI=1S/C46H41Cl5N8O7/c1-23(47)28-10-6-12-30(20-28)52-43(62)33-14-8-16-36(39(33)50)56-58-41(25(3)60)45(64)54-32-18-19-35(38(22-32)66-27(5)49)55-46(65)42(26(4)61)59-57-37-17-9-15-34(40(37)51)44(63)53-31-13-7-11-29(21-31)24(2)48/h6-24,27,41-42H,1-5H3,(H,52,62)(H,53,63)(H,54,64)(H,55,65). The van der Waals surface area contributed by atoms with Gasteiger partial charge in [-0.1, -0.05) is 71.2 Å². The molecule has 0 saturated carbocycles. The molecular weight excluding hydrogens is 954 g/mol. The lowest BCUT2D eigenvalue weighted by atomic mass is 10.1. The number of benzene rings is 5. The molecule has 0 spiro atoms. The number of Topliss-reactive ketones (excluding diaryl/α,β-unsaturated/α-hetero) is 2. The molecule has 5 aromatic rings. The Labute approximate surface area is 404 Å². The van der Waals surface area contributed by atoms with Gasteiger partial charge in [0, 0.05) is 23.1 Å². The summed E-state index contributed by atoms with van der Waals surface area (Å²) in [6.07, 6.45) is 0. The molecule has 0 bridgehead atoms. The summed E-state index contributed by atoms with van der Waals surface area (Å²) < 4.78 is 5.70. The number of nitrogens with one attached hydrogen (secondary N) is 4. The van der Waals surface area contributed by atoms with E-state index < -0.39 is 52.8 Å². The van der Waals surface area contributed by atoms with Crippen LogP contribution in [0.4, 0.5) is 34.1 Å². The van der Waals surface area contributed by atoms with Gasteiger partial charge in [0.25, 0.3) is 23.6 Å². The number of alkyl halides is 3. The normalized spacial score (nSPS) is 13.5. The highest BCUT2D eigenvalue weighted by Gasteiger charge is 2.27. The van der Waals surface area contributed by atoms with Crippen LogP contribution in [-0.2, 0) is 19.2 Å².